The van der Waals surface area contributed by atoms with Gasteiger partial charge in [-0.15, -0.1) is 0 Å². The third-order valence-corrected chi connectivity index (χ3v) is 4.00. The predicted molar refractivity (Wildman–Crippen MR) is 105 cm³/mol. The van der Waals surface area contributed by atoms with E-state index in [1.165, 1.54) is 0 Å². The summed E-state index contributed by atoms with van der Waals surface area (Å²) in [5, 5.41) is 17.1. The molecule has 1 atom stereocenters. The number of carboxylic acid groups (broad SMARTS) is 1. The second-order valence-corrected chi connectivity index (χ2v) is 6.37. The molecule has 0 heterocycles. The molecule has 0 fully saturated rings. The van der Waals surface area contributed by atoms with E-state index in [1.807, 2.05) is 0 Å². The van der Waals surface area contributed by atoms with Gasteiger partial charge in [-0.05, 0) is 19.3 Å². The minimum atomic E-state index is -1.12. The number of nitrogens with one attached hydrogen (secondary N) is 3. The van der Waals surface area contributed by atoms with Crippen LogP contribution >= 0.6 is 15.9 Å². The van der Waals surface area contributed by atoms with Crippen molar-refractivity contribution in [2.45, 2.75) is 38.6 Å². The van der Waals surface area contributed by atoms with Crippen molar-refractivity contribution in [3.05, 3.63) is 0 Å². The van der Waals surface area contributed by atoms with Crippen LogP contribution in [0, 0.1) is 0 Å². The van der Waals surface area contributed by atoms with E-state index >= 15 is 0 Å². The molecule has 0 aromatic rings. The summed E-state index contributed by atoms with van der Waals surface area (Å²) in [5.74, 6) is -1.81. The Bertz CT molecular complexity index is 491. The molecular formula is C17H30BrN3O7. The average Bonchev–Trinajstić information content (AvgIpc) is 2.67. The lowest BCUT2D eigenvalue weighted by Crippen LogP contribution is -2.42. The second kappa shape index (κ2) is 17.4. The van der Waals surface area contributed by atoms with Gasteiger partial charge in [-0.2, -0.15) is 0 Å². The van der Waals surface area contributed by atoms with Crippen LogP contribution in [0.2, 0.25) is 0 Å². The van der Waals surface area contributed by atoms with E-state index in [1.54, 1.807) is 6.92 Å². The summed E-state index contributed by atoms with van der Waals surface area (Å²) in [7, 11) is 0. The van der Waals surface area contributed by atoms with E-state index in [0.717, 1.165) is 0 Å². The SMILES string of the molecule is CCC(=O)NCCOCCOCC(=O)NC(CCCCNC(=O)CBr)C(=O)O. The third kappa shape index (κ3) is 15.3. The van der Waals surface area contributed by atoms with Gasteiger partial charge in [0.2, 0.25) is 17.7 Å². The van der Waals surface area contributed by atoms with Crippen LogP contribution in [0.15, 0.2) is 0 Å². The summed E-state index contributed by atoms with van der Waals surface area (Å²) in [6.45, 7) is 3.15. The molecule has 1 unspecified atom stereocenters. The highest BCUT2D eigenvalue weighted by atomic mass is 79.9. The topological polar surface area (TPSA) is 143 Å². The normalized spacial score (nSPS) is 11.5. The Morgan fingerprint density at radius 2 is 1.61 bits per heavy atom. The molecule has 0 aromatic carbocycles. The van der Waals surface area contributed by atoms with Crippen molar-refractivity contribution in [2.75, 3.05) is 44.8 Å². The molecule has 0 aliphatic heterocycles. The van der Waals surface area contributed by atoms with E-state index in [-0.39, 0.29) is 43.4 Å². The number of alkyl halides is 1. The molecule has 10 nitrogen and oxygen atoms in total. The van der Waals surface area contributed by atoms with Gasteiger partial charge in [0.1, 0.15) is 12.6 Å². The number of carbonyl (C=O) groups excluding carboxylic acids is 3. The maximum Gasteiger partial charge on any atom is 0.326 e. The Morgan fingerprint density at radius 3 is 2.25 bits per heavy atom. The number of aliphatic carboxylic acids is 1. The summed E-state index contributed by atoms with van der Waals surface area (Å²) in [5.41, 5.74) is 0. The molecule has 0 aliphatic rings. The average molecular weight is 468 g/mol. The predicted octanol–water partition coefficient (Wildman–Crippen LogP) is -0.203. The highest BCUT2D eigenvalue weighted by Crippen LogP contribution is 2.01. The van der Waals surface area contributed by atoms with E-state index in [9.17, 15) is 24.3 Å². The first-order chi connectivity index (χ1) is 13.4. The van der Waals surface area contributed by atoms with E-state index in [0.29, 0.717) is 39.0 Å². The van der Waals surface area contributed by atoms with Crippen molar-refractivity contribution in [1.29, 1.82) is 0 Å². The Balaban J connectivity index is 3.77. The molecule has 0 saturated carbocycles. The standard InChI is InChI=1S/C17H30BrN3O7/c1-2-14(22)20-7-8-27-9-10-28-12-16(24)21-13(17(25)26)5-3-4-6-19-15(23)11-18/h13H,2-12H2,1H3,(H,19,23)(H,20,22)(H,21,24)(H,25,26). The lowest BCUT2D eigenvalue weighted by atomic mass is 10.1. The lowest BCUT2D eigenvalue weighted by molar-refractivity contribution is -0.142. The molecule has 0 radical (unpaired) electrons. The maximum absolute atomic E-state index is 11.8. The molecule has 0 spiro atoms. The van der Waals surface area contributed by atoms with Crippen molar-refractivity contribution < 1.29 is 33.8 Å². The number of carbonyl (C=O) groups is 4. The monoisotopic (exact) mass is 467 g/mol. The van der Waals surface area contributed by atoms with Crippen molar-refractivity contribution in [2.24, 2.45) is 0 Å². The zero-order chi connectivity index (χ0) is 21.2. The van der Waals surface area contributed by atoms with Crippen LogP contribution in [-0.4, -0.2) is 79.7 Å². The number of carboxylic acids is 1. The number of amides is 3. The minimum absolute atomic E-state index is 0.0480. The number of halogens is 1. The van der Waals surface area contributed by atoms with Crippen LogP contribution in [0.3, 0.4) is 0 Å². The number of unbranched alkanes of at least 4 members (excludes halogenated alkanes) is 1. The zero-order valence-corrected chi connectivity index (χ0v) is 17.7. The van der Waals surface area contributed by atoms with Gasteiger partial charge in [-0.1, -0.05) is 22.9 Å². The Morgan fingerprint density at radius 1 is 0.929 bits per heavy atom. The van der Waals surface area contributed by atoms with Crippen molar-refractivity contribution in [1.82, 2.24) is 16.0 Å². The molecule has 0 rings (SSSR count). The first kappa shape index (κ1) is 26.3. The molecular weight excluding hydrogens is 438 g/mol. The second-order valence-electron chi connectivity index (χ2n) is 5.81. The first-order valence-corrected chi connectivity index (χ1v) is 10.3. The zero-order valence-electron chi connectivity index (χ0n) is 16.1. The van der Waals surface area contributed by atoms with Crippen molar-refractivity contribution in [3.8, 4) is 0 Å². The van der Waals surface area contributed by atoms with Gasteiger partial charge in [-0.25, -0.2) is 4.79 Å². The van der Waals surface area contributed by atoms with E-state index < -0.39 is 17.9 Å². The van der Waals surface area contributed by atoms with Gasteiger partial charge in [0, 0.05) is 19.5 Å². The van der Waals surface area contributed by atoms with Gasteiger partial charge in [0.15, 0.2) is 0 Å². The first-order valence-electron chi connectivity index (χ1n) is 9.17. The summed E-state index contributed by atoms with van der Waals surface area (Å²) >= 11 is 3.03. The number of rotatable bonds is 17. The molecule has 3 amide bonds. The smallest absolute Gasteiger partial charge is 0.326 e. The Labute approximate surface area is 173 Å². The van der Waals surface area contributed by atoms with Crippen molar-refractivity contribution in [3.63, 3.8) is 0 Å². The van der Waals surface area contributed by atoms with Gasteiger partial charge in [0.05, 0.1) is 25.2 Å². The summed E-state index contributed by atoms with van der Waals surface area (Å²) in [6, 6.07) is -0.999. The number of ether oxygens (including phenoxy) is 2. The van der Waals surface area contributed by atoms with Crippen LogP contribution in [0.5, 0.6) is 0 Å². The van der Waals surface area contributed by atoms with Crippen LogP contribution in [0.4, 0.5) is 0 Å². The van der Waals surface area contributed by atoms with Crippen LogP contribution in [0.1, 0.15) is 32.6 Å². The largest absolute Gasteiger partial charge is 0.480 e. The fourth-order valence-corrected chi connectivity index (χ4v) is 2.21. The fourth-order valence-electron chi connectivity index (χ4n) is 2.01. The maximum atomic E-state index is 11.8. The summed E-state index contributed by atoms with van der Waals surface area (Å²) in [4.78, 5) is 45.0. The summed E-state index contributed by atoms with van der Waals surface area (Å²) in [6.07, 6.45) is 1.84. The van der Waals surface area contributed by atoms with Gasteiger partial charge in [0.25, 0.3) is 0 Å². The van der Waals surface area contributed by atoms with E-state index in [2.05, 4.69) is 31.9 Å². The van der Waals surface area contributed by atoms with Gasteiger partial charge in [-0.3, -0.25) is 14.4 Å². The van der Waals surface area contributed by atoms with Crippen LogP contribution in [-0.2, 0) is 28.7 Å². The number of hydrogen-bond donors (Lipinski definition) is 4. The van der Waals surface area contributed by atoms with Gasteiger partial charge < -0.3 is 30.5 Å². The number of hydrogen-bond acceptors (Lipinski definition) is 6. The minimum Gasteiger partial charge on any atom is -0.480 e. The molecule has 0 aliphatic carbocycles. The molecule has 0 bridgehead atoms. The highest BCUT2D eigenvalue weighted by Gasteiger charge is 2.19. The molecule has 11 heteroatoms. The Hall–Kier alpha value is -1.72. The summed E-state index contributed by atoms with van der Waals surface area (Å²) < 4.78 is 10.4. The molecule has 0 aromatic heterocycles. The fraction of sp³-hybridized carbons (Fsp3) is 0.765. The molecule has 4 N–H and O–H groups in total. The Kier molecular flexibility index (Phi) is 16.3. The molecule has 162 valence electrons. The quantitative estimate of drug-likeness (QED) is 0.171. The highest BCUT2D eigenvalue weighted by molar-refractivity contribution is 9.09. The molecule has 0 saturated heterocycles. The molecule has 28 heavy (non-hydrogen) atoms. The van der Waals surface area contributed by atoms with Crippen molar-refractivity contribution >= 4 is 39.6 Å². The van der Waals surface area contributed by atoms with Crippen LogP contribution < -0.4 is 16.0 Å². The third-order valence-electron chi connectivity index (χ3n) is 3.49. The lowest BCUT2D eigenvalue weighted by Gasteiger charge is -2.14. The van der Waals surface area contributed by atoms with Crippen LogP contribution in [0.25, 0.3) is 0 Å². The van der Waals surface area contributed by atoms with Gasteiger partial charge >= 0.3 is 5.97 Å². The van der Waals surface area contributed by atoms with E-state index in [4.69, 9.17) is 9.47 Å².